The van der Waals surface area contributed by atoms with Gasteiger partial charge in [-0.15, -0.1) is 0 Å². The molecular weight excluding hydrogens is 394 g/mol. The molecule has 4 rings (SSSR count). The number of anilines is 1. The number of likely N-dealkylation sites (tertiary alicyclic amines) is 1. The van der Waals surface area contributed by atoms with Crippen LogP contribution in [0.15, 0.2) is 36.5 Å². The van der Waals surface area contributed by atoms with Gasteiger partial charge in [0.15, 0.2) is 0 Å². The fraction of sp³-hybridized carbons (Fsp3) is 0.435. The molecule has 1 fully saturated rings. The number of rotatable bonds is 4. The number of amides is 2. The van der Waals surface area contributed by atoms with Crippen molar-refractivity contribution >= 4 is 17.5 Å². The molecule has 0 aliphatic carbocycles. The number of fused-ring (bicyclic) bond motifs is 1. The molecule has 1 aromatic heterocycles. The Morgan fingerprint density at radius 1 is 1.26 bits per heavy atom. The van der Waals surface area contributed by atoms with Crippen LogP contribution in [0, 0.1) is 0 Å². The zero-order valence-electron chi connectivity index (χ0n) is 18.1. The molecule has 0 radical (unpaired) electrons. The highest BCUT2D eigenvalue weighted by atomic mass is 16.5. The van der Waals surface area contributed by atoms with E-state index < -0.39 is 0 Å². The normalized spacial score (nSPS) is 18.0. The Hall–Kier alpha value is -2.97. The number of nitrogens with one attached hydrogen (secondary N) is 2. The van der Waals surface area contributed by atoms with Crippen molar-refractivity contribution < 1.29 is 14.3 Å². The first-order valence-electron chi connectivity index (χ1n) is 10.7. The molecular formula is C23H29N5O3. The Balaban J connectivity index is 1.36. The van der Waals surface area contributed by atoms with Crippen molar-refractivity contribution in [1.29, 1.82) is 0 Å². The summed E-state index contributed by atoms with van der Waals surface area (Å²) in [6.07, 6.45) is 3.95. The van der Waals surface area contributed by atoms with Crippen LogP contribution in [-0.2, 0) is 11.3 Å². The van der Waals surface area contributed by atoms with E-state index in [-0.39, 0.29) is 18.5 Å². The molecule has 2 aromatic rings. The Bertz CT molecular complexity index is 939. The Kier molecular flexibility index (Phi) is 6.48. The molecule has 1 saturated heterocycles. The van der Waals surface area contributed by atoms with Crippen LogP contribution in [0.2, 0.25) is 0 Å². The van der Waals surface area contributed by atoms with E-state index in [4.69, 9.17) is 4.74 Å². The molecule has 0 bridgehead atoms. The van der Waals surface area contributed by atoms with Crippen molar-refractivity contribution in [2.45, 2.75) is 25.3 Å². The topological polar surface area (TPSA) is 86.8 Å². The van der Waals surface area contributed by atoms with Crippen molar-refractivity contribution in [1.82, 2.24) is 20.1 Å². The van der Waals surface area contributed by atoms with Crippen molar-refractivity contribution in [3.8, 4) is 0 Å². The predicted molar refractivity (Wildman–Crippen MR) is 118 cm³/mol. The summed E-state index contributed by atoms with van der Waals surface area (Å²) < 4.78 is 5.44. The van der Waals surface area contributed by atoms with Gasteiger partial charge >= 0.3 is 0 Å². The number of pyridine rings is 1. The Morgan fingerprint density at radius 3 is 2.77 bits per heavy atom. The van der Waals surface area contributed by atoms with Crippen molar-refractivity contribution in [2.24, 2.45) is 0 Å². The van der Waals surface area contributed by atoms with Gasteiger partial charge in [0.25, 0.3) is 11.8 Å². The molecule has 2 amide bonds. The zero-order chi connectivity index (χ0) is 21.8. The van der Waals surface area contributed by atoms with Gasteiger partial charge in [0.05, 0.1) is 5.56 Å². The summed E-state index contributed by atoms with van der Waals surface area (Å²) in [5.41, 5.74) is 4.33. The lowest BCUT2D eigenvalue weighted by Crippen LogP contribution is -2.34. The summed E-state index contributed by atoms with van der Waals surface area (Å²) in [5.74, 6) is 0.267. The van der Waals surface area contributed by atoms with Gasteiger partial charge in [0.1, 0.15) is 19.2 Å². The first-order chi connectivity index (χ1) is 15.0. The van der Waals surface area contributed by atoms with Crippen molar-refractivity contribution in [3.63, 3.8) is 0 Å². The SMILES string of the molecule is CNC(=O)c1ccc(C2CCN(Cc3ccc4c(c3)NCOCN(C)C4=O)CC2)cn1. The summed E-state index contributed by atoms with van der Waals surface area (Å²) in [4.78, 5) is 32.5. The molecule has 8 heteroatoms. The highest BCUT2D eigenvalue weighted by Gasteiger charge is 2.23. The summed E-state index contributed by atoms with van der Waals surface area (Å²) >= 11 is 0. The first-order valence-corrected chi connectivity index (χ1v) is 10.7. The average Bonchev–Trinajstić information content (AvgIpc) is 2.81. The van der Waals surface area contributed by atoms with Crippen molar-refractivity contribution in [2.75, 3.05) is 46.0 Å². The quantitative estimate of drug-likeness (QED) is 0.785. The third-order valence-corrected chi connectivity index (χ3v) is 6.02. The molecule has 2 aliphatic rings. The molecule has 0 saturated carbocycles. The minimum absolute atomic E-state index is 0.0365. The minimum atomic E-state index is -0.160. The van der Waals surface area contributed by atoms with Gasteiger partial charge in [0, 0.05) is 32.5 Å². The van der Waals surface area contributed by atoms with Crippen LogP contribution < -0.4 is 10.6 Å². The number of benzene rings is 1. The molecule has 3 heterocycles. The third-order valence-electron chi connectivity index (χ3n) is 6.02. The van der Waals surface area contributed by atoms with Gasteiger partial charge in [-0.05, 0) is 61.2 Å². The maximum absolute atomic E-state index is 12.5. The van der Waals surface area contributed by atoms with Gasteiger partial charge in [-0.2, -0.15) is 0 Å². The largest absolute Gasteiger partial charge is 0.362 e. The van der Waals surface area contributed by atoms with Gasteiger partial charge < -0.3 is 20.3 Å². The molecule has 2 aliphatic heterocycles. The van der Waals surface area contributed by atoms with Gasteiger partial charge in [-0.1, -0.05) is 12.1 Å². The van der Waals surface area contributed by atoms with E-state index in [1.807, 2.05) is 24.4 Å². The van der Waals surface area contributed by atoms with E-state index in [1.165, 1.54) is 11.1 Å². The van der Waals surface area contributed by atoms with Gasteiger partial charge in [0.2, 0.25) is 0 Å². The predicted octanol–water partition coefficient (Wildman–Crippen LogP) is 2.25. The summed E-state index contributed by atoms with van der Waals surface area (Å²) in [6.45, 7) is 3.51. The fourth-order valence-corrected chi connectivity index (χ4v) is 4.19. The van der Waals surface area contributed by atoms with Crippen LogP contribution in [0.25, 0.3) is 0 Å². The van der Waals surface area contributed by atoms with Crippen molar-refractivity contribution in [3.05, 3.63) is 58.9 Å². The molecule has 0 spiro atoms. The summed E-state index contributed by atoms with van der Waals surface area (Å²) in [5, 5.41) is 5.81. The highest BCUT2D eigenvalue weighted by Crippen LogP contribution is 2.29. The fourth-order valence-electron chi connectivity index (χ4n) is 4.19. The first kappa shape index (κ1) is 21.3. The number of carbonyl (C=O) groups excluding carboxylic acids is 2. The number of piperidine rings is 1. The third kappa shape index (κ3) is 4.86. The van der Waals surface area contributed by atoms with Crippen LogP contribution in [0.4, 0.5) is 5.69 Å². The molecule has 31 heavy (non-hydrogen) atoms. The van der Waals surface area contributed by atoms with Crippen LogP contribution in [0.3, 0.4) is 0 Å². The summed E-state index contributed by atoms with van der Waals surface area (Å²) in [6, 6.07) is 9.84. The lowest BCUT2D eigenvalue weighted by atomic mass is 9.90. The zero-order valence-corrected chi connectivity index (χ0v) is 18.1. The number of hydrogen-bond acceptors (Lipinski definition) is 6. The molecule has 8 nitrogen and oxygen atoms in total. The lowest BCUT2D eigenvalue weighted by molar-refractivity contribution is 0.0374. The number of carbonyl (C=O) groups is 2. The monoisotopic (exact) mass is 423 g/mol. The number of ether oxygens (including phenoxy) is 1. The molecule has 0 unspecified atom stereocenters. The van der Waals surface area contributed by atoms with E-state index >= 15 is 0 Å². The Labute approximate surface area is 182 Å². The maximum Gasteiger partial charge on any atom is 0.269 e. The minimum Gasteiger partial charge on any atom is -0.362 e. The number of hydrogen-bond donors (Lipinski definition) is 2. The van der Waals surface area contributed by atoms with E-state index in [1.54, 1.807) is 25.1 Å². The number of aromatic nitrogens is 1. The molecule has 0 atom stereocenters. The van der Waals surface area contributed by atoms with E-state index in [9.17, 15) is 9.59 Å². The molecule has 164 valence electrons. The molecule has 2 N–H and O–H groups in total. The van der Waals surface area contributed by atoms with E-state index in [0.29, 0.717) is 23.9 Å². The van der Waals surface area contributed by atoms with Crippen LogP contribution in [0.5, 0.6) is 0 Å². The van der Waals surface area contributed by atoms with Crippen LogP contribution in [0.1, 0.15) is 50.7 Å². The van der Waals surface area contributed by atoms with E-state index in [2.05, 4.69) is 26.6 Å². The lowest BCUT2D eigenvalue weighted by Gasteiger charge is -2.32. The summed E-state index contributed by atoms with van der Waals surface area (Å²) in [7, 11) is 3.36. The standard InChI is InChI=1S/C23H29N5O3/c1-24-22(29)20-6-4-18(12-25-20)17-7-9-28(10-8-17)13-16-3-5-19-21(11-16)26-14-31-15-27(2)23(19)30/h3-6,11-12,17,26H,7-10,13-15H2,1-2H3,(H,24,29). The second-order valence-electron chi connectivity index (χ2n) is 8.14. The van der Waals surface area contributed by atoms with Gasteiger partial charge in [-0.3, -0.25) is 19.5 Å². The van der Waals surface area contributed by atoms with Crippen LogP contribution in [-0.4, -0.2) is 67.2 Å². The van der Waals surface area contributed by atoms with Gasteiger partial charge in [-0.25, -0.2) is 0 Å². The maximum atomic E-state index is 12.5. The highest BCUT2D eigenvalue weighted by molar-refractivity contribution is 5.99. The molecule has 1 aromatic carbocycles. The van der Waals surface area contributed by atoms with Crippen LogP contribution >= 0.6 is 0 Å². The second kappa shape index (κ2) is 9.45. The second-order valence-corrected chi connectivity index (χ2v) is 8.14. The average molecular weight is 424 g/mol. The van der Waals surface area contributed by atoms with E-state index in [0.717, 1.165) is 38.2 Å². The smallest absolute Gasteiger partial charge is 0.269 e. The number of nitrogens with zero attached hydrogens (tertiary/aromatic N) is 3. The Morgan fingerprint density at radius 2 is 2.06 bits per heavy atom.